The highest BCUT2D eigenvalue weighted by atomic mass is 16.5. The van der Waals surface area contributed by atoms with Crippen LogP contribution in [0.25, 0.3) is 22.2 Å². The monoisotopic (exact) mass is 484 g/mol. The maximum absolute atomic E-state index is 12.0. The first kappa shape index (κ1) is 24.7. The number of fused-ring (bicyclic) bond motifs is 1. The topological polar surface area (TPSA) is 95.6 Å². The van der Waals surface area contributed by atoms with Gasteiger partial charge in [-0.05, 0) is 43.3 Å². The predicted octanol–water partition coefficient (Wildman–Crippen LogP) is 4.04. The fraction of sp³-hybridized carbons (Fsp3) is 0.214. The number of methoxy groups -OCH3 is 1. The van der Waals surface area contributed by atoms with Crippen molar-refractivity contribution in [3.63, 3.8) is 0 Å². The number of ketones is 1. The lowest BCUT2D eigenvalue weighted by molar-refractivity contribution is -0.119. The SMILES string of the molecule is COc1ccc(-c2ccccn2)c2[nH]cc(C(C)=O)c12.O=CN1CCN(C(=O)c2ccccc2)CC1. The number of nitrogens with one attached hydrogen (secondary N) is 1. The van der Waals surface area contributed by atoms with Gasteiger partial charge in [-0.2, -0.15) is 0 Å². The van der Waals surface area contributed by atoms with Gasteiger partial charge in [0.2, 0.25) is 6.41 Å². The Morgan fingerprint density at radius 1 is 0.972 bits per heavy atom. The van der Waals surface area contributed by atoms with Crippen molar-refractivity contribution in [2.24, 2.45) is 0 Å². The fourth-order valence-corrected chi connectivity index (χ4v) is 4.19. The Labute approximate surface area is 209 Å². The van der Waals surface area contributed by atoms with Crippen LogP contribution < -0.4 is 4.74 Å². The van der Waals surface area contributed by atoms with Gasteiger partial charge in [0.05, 0.1) is 23.7 Å². The number of carbonyl (C=O) groups excluding carboxylic acids is 3. The molecule has 1 fully saturated rings. The van der Waals surface area contributed by atoms with Crippen LogP contribution in [0.2, 0.25) is 0 Å². The van der Waals surface area contributed by atoms with E-state index in [0.29, 0.717) is 43.1 Å². The van der Waals surface area contributed by atoms with Crippen LogP contribution in [-0.2, 0) is 4.79 Å². The highest BCUT2D eigenvalue weighted by molar-refractivity contribution is 6.12. The van der Waals surface area contributed by atoms with Crippen LogP contribution in [-0.4, -0.2) is 71.2 Å². The molecule has 0 atom stereocenters. The summed E-state index contributed by atoms with van der Waals surface area (Å²) >= 11 is 0. The summed E-state index contributed by atoms with van der Waals surface area (Å²) in [4.78, 5) is 45.3. The van der Waals surface area contributed by atoms with E-state index in [1.807, 2.05) is 60.7 Å². The smallest absolute Gasteiger partial charge is 0.253 e. The first-order chi connectivity index (χ1) is 17.5. The second-order valence-corrected chi connectivity index (χ2v) is 8.34. The number of amides is 2. The first-order valence-corrected chi connectivity index (χ1v) is 11.7. The third kappa shape index (κ3) is 5.27. The third-order valence-electron chi connectivity index (χ3n) is 6.11. The minimum Gasteiger partial charge on any atom is -0.496 e. The molecule has 0 saturated carbocycles. The van der Waals surface area contributed by atoms with Crippen LogP contribution >= 0.6 is 0 Å². The highest BCUT2D eigenvalue weighted by Gasteiger charge is 2.21. The molecule has 8 heteroatoms. The van der Waals surface area contributed by atoms with Gasteiger partial charge in [0, 0.05) is 55.3 Å². The van der Waals surface area contributed by atoms with Crippen molar-refractivity contribution >= 4 is 29.0 Å². The average molecular weight is 485 g/mol. The van der Waals surface area contributed by atoms with Crippen LogP contribution in [0.4, 0.5) is 0 Å². The Balaban J connectivity index is 0.000000174. The molecule has 1 aliphatic heterocycles. The molecule has 4 aromatic rings. The number of hydrogen-bond acceptors (Lipinski definition) is 5. The number of nitrogens with zero attached hydrogens (tertiary/aromatic N) is 3. The summed E-state index contributed by atoms with van der Waals surface area (Å²) in [5.74, 6) is 0.741. The highest BCUT2D eigenvalue weighted by Crippen LogP contribution is 2.35. The van der Waals surface area contributed by atoms with E-state index >= 15 is 0 Å². The Morgan fingerprint density at radius 3 is 2.31 bits per heavy atom. The molecule has 0 bridgehead atoms. The zero-order valence-electron chi connectivity index (χ0n) is 20.3. The lowest BCUT2D eigenvalue weighted by atomic mass is 10.0. The molecule has 2 aromatic carbocycles. The molecular weight excluding hydrogens is 456 g/mol. The first-order valence-electron chi connectivity index (χ1n) is 11.7. The molecule has 3 heterocycles. The summed E-state index contributed by atoms with van der Waals surface area (Å²) in [7, 11) is 1.60. The number of carbonyl (C=O) groups is 3. The van der Waals surface area contributed by atoms with Gasteiger partial charge in [0.25, 0.3) is 5.91 Å². The molecule has 2 aromatic heterocycles. The fourth-order valence-electron chi connectivity index (χ4n) is 4.19. The number of Topliss-reactive ketones (excluding diaryl/α,β-unsaturated/α-hetero) is 1. The quantitative estimate of drug-likeness (QED) is 0.341. The number of aromatic nitrogens is 2. The second kappa shape index (κ2) is 11.3. The number of aromatic amines is 1. The van der Waals surface area contributed by atoms with Crippen molar-refractivity contribution < 1.29 is 19.1 Å². The standard InChI is InChI=1S/C16H14N2O2.C12H14N2O2/c1-10(19)12-9-18-16-11(13-5-3-4-8-17-13)6-7-14(20-2)15(12)16;15-10-13-6-8-14(9-7-13)12(16)11-4-2-1-3-5-11/h3-9,18H,1-2H3;1-5,10H,6-9H2. The minimum absolute atomic E-state index is 0.00715. The lowest BCUT2D eigenvalue weighted by Gasteiger charge is -2.32. The van der Waals surface area contributed by atoms with E-state index in [-0.39, 0.29) is 11.7 Å². The Bertz CT molecular complexity index is 1340. The van der Waals surface area contributed by atoms with Gasteiger partial charge in [0.1, 0.15) is 5.75 Å². The summed E-state index contributed by atoms with van der Waals surface area (Å²) < 4.78 is 5.37. The molecular formula is C28H28N4O4. The van der Waals surface area contributed by atoms with Crippen molar-refractivity contribution in [2.75, 3.05) is 33.3 Å². The van der Waals surface area contributed by atoms with E-state index in [4.69, 9.17) is 4.74 Å². The maximum atomic E-state index is 12.0. The summed E-state index contributed by atoms with van der Waals surface area (Å²) in [5, 5.41) is 0.808. The van der Waals surface area contributed by atoms with Gasteiger partial charge in [-0.3, -0.25) is 19.4 Å². The van der Waals surface area contributed by atoms with Crippen molar-refractivity contribution in [3.05, 3.63) is 84.2 Å². The molecule has 2 amide bonds. The van der Waals surface area contributed by atoms with Gasteiger partial charge in [-0.25, -0.2) is 0 Å². The Morgan fingerprint density at radius 2 is 1.69 bits per heavy atom. The minimum atomic E-state index is 0.00715. The van der Waals surface area contributed by atoms with E-state index < -0.39 is 0 Å². The van der Waals surface area contributed by atoms with Crippen LogP contribution in [0.3, 0.4) is 0 Å². The molecule has 36 heavy (non-hydrogen) atoms. The molecule has 1 aliphatic rings. The van der Waals surface area contributed by atoms with Gasteiger partial charge in [0.15, 0.2) is 5.78 Å². The molecule has 8 nitrogen and oxygen atoms in total. The van der Waals surface area contributed by atoms with Crippen LogP contribution in [0, 0.1) is 0 Å². The summed E-state index contributed by atoms with van der Waals surface area (Å²) in [6.07, 6.45) is 4.31. The molecule has 184 valence electrons. The normalized spacial score (nSPS) is 13.1. The Kier molecular flexibility index (Phi) is 7.75. The van der Waals surface area contributed by atoms with Crippen LogP contribution in [0.1, 0.15) is 27.6 Å². The lowest BCUT2D eigenvalue weighted by Crippen LogP contribution is -2.48. The number of rotatable bonds is 5. The molecule has 5 rings (SSSR count). The van der Waals surface area contributed by atoms with Crippen LogP contribution in [0.5, 0.6) is 5.75 Å². The van der Waals surface area contributed by atoms with Crippen molar-refractivity contribution in [2.45, 2.75) is 6.92 Å². The van der Waals surface area contributed by atoms with Gasteiger partial charge in [-0.15, -0.1) is 0 Å². The molecule has 0 aliphatic carbocycles. The number of hydrogen-bond donors (Lipinski definition) is 1. The number of H-pyrrole nitrogens is 1. The number of benzene rings is 2. The zero-order chi connectivity index (χ0) is 25.5. The van der Waals surface area contributed by atoms with Gasteiger partial charge >= 0.3 is 0 Å². The van der Waals surface area contributed by atoms with Crippen LogP contribution in [0.15, 0.2) is 73.1 Å². The maximum Gasteiger partial charge on any atom is 0.253 e. The molecule has 1 N–H and O–H groups in total. The third-order valence-corrected chi connectivity index (χ3v) is 6.11. The van der Waals surface area contributed by atoms with E-state index in [1.165, 1.54) is 0 Å². The summed E-state index contributed by atoms with van der Waals surface area (Å²) in [6.45, 7) is 4.04. The molecule has 0 radical (unpaired) electrons. The second-order valence-electron chi connectivity index (χ2n) is 8.34. The molecule has 0 spiro atoms. The number of piperazine rings is 1. The van der Waals surface area contributed by atoms with Crippen molar-refractivity contribution in [1.29, 1.82) is 0 Å². The number of pyridine rings is 1. The molecule has 0 unspecified atom stereocenters. The van der Waals surface area contributed by atoms with Gasteiger partial charge < -0.3 is 19.5 Å². The Hall–Kier alpha value is -4.46. The van der Waals surface area contributed by atoms with Crippen molar-refractivity contribution in [1.82, 2.24) is 19.8 Å². The van der Waals surface area contributed by atoms with E-state index in [2.05, 4.69) is 9.97 Å². The summed E-state index contributed by atoms with van der Waals surface area (Å²) in [5.41, 5.74) is 4.02. The number of ether oxygens (including phenoxy) is 1. The largest absolute Gasteiger partial charge is 0.496 e. The van der Waals surface area contributed by atoms with E-state index in [0.717, 1.165) is 28.6 Å². The average Bonchev–Trinajstić information content (AvgIpc) is 3.39. The van der Waals surface area contributed by atoms with Crippen molar-refractivity contribution in [3.8, 4) is 17.0 Å². The van der Waals surface area contributed by atoms with E-state index in [9.17, 15) is 14.4 Å². The molecule has 1 saturated heterocycles. The zero-order valence-corrected chi connectivity index (χ0v) is 20.3. The summed E-state index contributed by atoms with van der Waals surface area (Å²) in [6, 6.07) is 18.8. The van der Waals surface area contributed by atoms with E-state index in [1.54, 1.807) is 36.2 Å². The predicted molar refractivity (Wildman–Crippen MR) is 138 cm³/mol. The van der Waals surface area contributed by atoms with Gasteiger partial charge in [-0.1, -0.05) is 24.3 Å².